The van der Waals surface area contributed by atoms with Crippen molar-refractivity contribution < 1.29 is 14.3 Å². The van der Waals surface area contributed by atoms with E-state index >= 15 is 0 Å². The number of carbonyl (C=O) groups is 2. The Hall–Kier alpha value is -2.47. The fraction of sp³-hybridized carbons (Fsp3) is 0.263. The van der Waals surface area contributed by atoms with Gasteiger partial charge in [-0.05, 0) is 48.4 Å². The Morgan fingerprint density at radius 3 is 2.28 bits per heavy atom. The predicted octanol–water partition coefficient (Wildman–Crippen LogP) is 3.20. The smallest absolute Gasteiger partial charge is 0.269 e. The van der Waals surface area contributed by atoms with Crippen molar-refractivity contribution in [3.05, 3.63) is 59.7 Å². The van der Waals surface area contributed by atoms with Crippen molar-refractivity contribution in [2.24, 2.45) is 0 Å². The van der Waals surface area contributed by atoms with Crippen molar-refractivity contribution in [1.82, 2.24) is 10.9 Å². The number of methoxy groups -OCH3 is 1. The van der Waals surface area contributed by atoms with E-state index in [4.69, 9.17) is 4.74 Å². The topological polar surface area (TPSA) is 67.4 Å². The van der Waals surface area contributed by atoms with Crippen LogP contribution < -0.4 is 15.6 Å². The highest BCUT2D eigenvalue weighted by atomic mass is 32.2. The maximum absolute atomic E-state index is 12.0. The summed E-state index contributed by atoms with van der Waals surface area (Å²) >= 11 is 1.57. The summed E-state index contributed by atoms with van der Waals surface area (Å²) in [4.78, 5) is 24.8. The molecule has 6 heteroatoms. The molecule has 0 spiro atoms. The van der Waals surface area contributed by atoms with Crippen molar-refractivity contribution in [1.29, 1.82) is 0 Å². The molecule has 0 aliphatic rings. The minimum absolute atomic E-state index is 0.223. The molecule has 5 nitrogen and oxygen atoms in total. The van der Waals surface area contributed by atoms with E-state index in [1.165, 1.54) is 0 Å². The molecular weight excluding hydrogens is 336 g/mol. The highest BCUT2D eigenvalue weighted by Crippen LogP contribution is 2.21. The average molecular weight is 358 g/mol. The first-order valence-corrected chi connectivity index (χ1v) is 9.06. The number of rotatable bonds is 7. The van der Waals surface area contributed by atoms with Gasteiger partial charge in [-0.1, -0.05) is 19.1 Å². The van der Waals surface area contributed by atoms with Gasteiger partial charge in [0.15, 0.2) is 0 Å². The highest BCUT2D eigenvalue weighted by Gasteiger charge is 2.07. The molecule has 0 bridgehead atoms. The molecule has 0 fully saturated rings. The lowest BCUT2D eigenvalue weighted by Crippen LogP contribution is -2.41. The van der Waals surface area contributed by atoms with Crippen molar-refractivity contribution in [3.8, 4) is 5.75 Å². The number of nitrogens with one attached hydrogen (secondary N) is 2. The van der Waals surface area contributed by atoms with E-state index in [0.717, 1.165) is 22.6 Å². The van der Waals surface area contributed by atoms with Crippen molar-refractivity contribution >= 4 is 23.6 Å². The van der Waals surface area contributed by atoms with Crippen LogP contribution in [0.2, 0.25) is 0 Å². The average Bonchev–Trinajstić information content (AvgIpc) is 2.66. The van der Waals surface area contributed by atoms with Crippen LogP contribution >= 0.6 is 11.8 Å². The molecule has 0 heterocycles. The number of amides is 2. The van der Waals surface area contributed by atoms with E-state index in [-0.39, 0.29) is 11.8 Å². The molecule has 2 rings (SSSR count). The van der Waals surface area contributed by atoms with Crippen molar-refractivity contribution in [3.63, 3.8) is 0 Å². The Morgan fingerprint density at radius 1 is 1.00 bits per heavy atom. The fourth-order valence-corrected chi connectivity index (χ4v) is 2.94. The lowest BCUT2D eigenvalue weighted by molar-refractivity contribution is -0.121. The van der Waals surface area contributed by atoms with Gasteiger partial charge < -0.3 is 4.74 Å². The minimum atomic E-state index is -0.321. The molecule has 2 amide bonds. The molecule has 0 aliphatic carbocycles. The Kier molecular flexibility index (Phi) is 7.35. The first-order valence-electron chi connectivity index (χ1n) is 8.07. The molecular formula is C19H22N2O3S. The largest absolute Gasteiger partial charge is 0.497 e. The third kappa shape index (κ3) is 6.15. The van der Waals surface area contributed by atoms with E-state index in [9.17, 15) is 9.59 Å². The molecule has 2 aromatic carbocycles. The first kappa shape index (κ1) is 18.9. The van der Waals surface area contributed by atoms with Crippen molar-refractivity contribution in [2.45, 2.75) is 24.7 Å². The van der Waals surface area contributed by atoms with E-state index in [1.54, 1.807) is 31.0 Å². The summed E-state index contributed by atoms with van der Waals surface area (Å²) in [6.45, 7) is 2.05. The van der Waals surface area contributed by atoms with Gasteiger partial charge >= 0.3 is 0 Å². The highest BCUT2D eigenvalue weighted by molar-refractivity contribution is 7.99. The van der Waals surface area contributed by atoms with Crippen LogP contribution in [0.4, 0.5) is 0 Å². The fourth-order valence-electron chi connectivity index (χ4n) is 2.09. The molecule has 0 aromatic heterocycles. The second-order valence-corrected chi connectivity index (χ2v) is 6.50. The van der Waals surface area contributed by atoms with Gasteiger partial charge in [-0.3, -0.25) is 20.4 Å². The van der Waals surface area contributed by atoms with Crippen LogP contribution in [0.1, 0.15) is 29.3 Å². The molecule has 2 N–H and O–H groups in total. The zero-order valence-corrected chi connectivity index (χ0v) is 15.2. The molecule has 0 saturated heterocycles. The SMILES string of the molecule is CCc1ccc(C(=O)NNC(=O)CCSc2ccc(OC)cc2)cc1. The summed E-state index contributed by atoms with van der Waals surface area (Å²) < 4.78 is 5.10. The lowest BCUT2D eigenvalue weighted by atomic mass is 10.1. The zero-order chi connectivity index (χ0) is 18.1. The molecule has 0 unspecified atom stereocenters. The van der Waals surface area contributed by atoms with E-state index < -0.39 is 0 Å². The van der Waals surface area contributed by atoms with Gasteiger partial charge in [0, 0.05) is 22.6 Å². The third-order valence-electron chi connectivity index (χ3n) is 3.60. The van der Waals surface area contributed by atoms with Crippen LogP contribution in [-0.2, 0) is 11.2 Å². The number of hydrazine groups is 1. The predicted molar refractivity (Wildman–Crippen MR) is 99.8 cm³/mol. The number of benzene rings is 2. The molecule has 0 radical (unpaired) electrons. The van der Waals surface area contributed by atoms with Gasteiger partial charge in [0.2, 0.25) is 5.91 Å². The summed E-state index contributed by atoms with van der Waals surface area (Å²) in [5.74, 6) is 0.884. The maximum Gasteiger partial charge on any atom is 0.269 e. The Bertz CT molecular complexity index is 700. The summed E-state index contributed by atoms with van der Waals surface area (Å²) in [5, 5.41) is 0. The number of thioether (sulfide) groups is 1. The summed E-state index contributed by atoms with van der Waals surface area (Å²) in [7, 11) is 1.62. The number of hydrogen-bond donors (Lipinski definition) is 2. The quantitative estimate of drug-likeness (QED) is 0.589. The van der Waals surface area contributed by atoms with Gasteiger partial charge in [0.05, 0.1) is 7.11 Å². The number of hydrogen-bond acceptors (Lipinski definition) is 4. The van der Waals surface area contributed by atoms with Crippen LogP contribution in [0.3, 0.4) is 0 Å². The van der Waals surface area contributed by atoms with Gasteiger partial charge in [-0.25, -0.2) is 0 Å². The normalized spacial score (nSPS) is 10.2. The second-order valence-electron chi connectivity index (χ2n) is 5.33. The molecule has 0 saturated carbocycles. The molecule has 132 valence electrons. The first-order chi connectivity index (χ1) is 12.1. The maximum atomic E-state index is 12.0. The van der Waals surface area contributed by atoms with E-state index in [0.29, 0.717) is 17.7 Å². The minimum Gasteiger partial charge on any atom is -0.497 e. The number of ether oxygens (including phenoxy) is 1. The Labute approximate surface area is 152 Å². The molecule has 0 atom stereocenters. The number of carbonyl (C=O) groups excluding carboxylic acids is 2. The lowest BCUT2D eigenvalue weighted by Gasteiger charge is -2.08. The molecule has 25 heavy (non-hydrogen) atoms. The van der Waals surface area contributed by atoms with Crippen LogP contribution in [-0.4, -0.2) is 24.7 Å². The molecule has 0 aliphatic heterocycles. The van der Waals surface area contributed by atoms with E-state index in [1.807, 2.05) is 36.4 Å². The van der Waals surface area contributed by atoms with Gasteiger partial charge in [-0.2, -0.15) is 0 Å². The molecule has 2 aromatic rings. The van der Waals surface area contributed by atoms with Crippen LogP contribution in [0.5, 0.6) is 5.75 Å². The van der Waals surface area contributed by atoms with Gasteiger partial charge in [-0.15, -0.1) is 11.8 Å². The standard InChI is InChI=1S/C19H22N2O3S/c1-3-14-4-6-15(7-5-14)19(23)21-20-18(22)12-13-25-17-10-8-16(24-2)9-11-17/h4-11H,3,12-13H2,1-2H3,(H,20,22)(H,21,23). The second kappa shape index (κ2) is 9.74. The van der Waals surface area contributed by atoms with Crippen molar-refractivity contribution in [2.75, 3.05) is 12.9 Å². The van der Waals surface area contributed by atoms with Gasteiger partial charge in [0.1, 0.15) is 5.75 Å². The van der Waals surface area contributed by atoms with Crippen LogP contribution in [0.25, 0.3) is 0 Å². The summed E-state index contributed by atoms with van der Waals surface area (Å²) in [6.07, 6.45) is 1.23. The Balaban J connectivity index is 1.69. The number of aryl methyl sites for hydroxylation is 1. The van der Waals surface area contributed by atoms with E-state index in [2.05, 4.69) is 17.8 Å². The zero-order valence-electron chi connectivity index (χ0n) is 14.4. The monoisotopic (exact) mass is 358 g/mol. The summed E-state index contributed by atoms with van der Waals surface area (Å²) in [5.41, 5.74) is 6.56. The third-order valence-corrected chi connectivity index (χ3v) is 4.61. The Morgan fingerprint density at radius 2 is 1.68 bits per heavy atom. The van der Waals surface area contributed by atoms with Crippen LogP contribution in [0, 0.1) is 0 Å². The van der Waals surface area contributed by atoms with Crippen LogP contribution in [0.15, 0.2) is 53.4 Å². The summed E-state index contributed by atoms with van der Waals surface area (Å²) in [6, 6.07) is 15.0. The van der Waals surface area contributed by atoms with Gasteiger partial charge in [0.25, 0.3) is 5.91 Å².